The Balaban J connectivity index is 2.14. The van der Waals surface area contributed by atoms with Gasteiger partial charge in [-0.15, -0.1) is 0 Å². The first-order valence-corrected chi connectivity index (χ1v) is 5.61. The molecule has 2 nitrogen and oxygen atoms in total. The van der Waals surface area contributed by atoms with Crippen molar-refractivity contribution >= 4 is 10.9 Å². The fraction of sp³-hybridized carbons (Fsp3) is 0.385. The lowest BCUT2D eigenvalue weighted by Crippen LogP contribution is -2.22. The van der Waals surface area contributed by atoms with E-state index in [1.54, 1.807) is 0 Å². The smallest absolute Gasteiger partial charge is 0.0454 e. The minimum absolute atomic E-state index is 0.298. The molecule has 0 saturated heterocycles. The summed E-state index contributed by atoms with van der Waals surface area (Å²) in [5.41, 5.74) is 8.56. The number of aromatic amines is 1. The molecule has 2 heteroatoms. The molecule has 0 aliphatic rings. The summed E-state index contributed by atoms with van der Waals surface area (Å²) in [7, 11) is 0. The molecule has 1 aromatic heterocycles. The summed E-state index contributed by atoms with van der Waals surface area (Å²) in [6.45, 7) is 2.18. The van der Waals surface area contributed by atoms with Gasteiger partial charge in [0.25, 0.3) is 0 Å². The van der Waals surface area contributed by atoms with Gasteiger partial charge in [0.15, 0.2) is 0 Å². The first-order valence-electron chi connectivity index (χ1n) is 5.61. The second kappa shape index (κ2) is 4.49. The number of benzene rings is 1. The quantitative estimate of drug-likeness (QED) is 0.786. The Morgan fingerprint density at radius 2 is 2.20 bits per heavy atom. The molecule has 0 aliphatic heterocycles. The van der Waals surface area contributed by atoms with Crippen LogP contribution in [-0.4, -0.2) is 11.0 Å². The summed E-state index contributed by atoms with van der Waals surface area (Å²) in [6, 6.07) is 8.91. The predicted molar refractivity (Wildman–Crippen MR) is 64.9 cm³/mol. The van der Waals surface area contributed by atoms with Crippen molar-refractivity contribution in [2.75, 3.05) is 0 Å². The van der Waals surface area contributed by atoms with Crippen LogP contribution in [-0.2, 0) is 6.42 Å². The lowest BCUT2D eigenvalue weighted by Gasteiger charge is -2.09. The molecule has 0 spiro atoms. The van der Waals surface area contributed by atoms with Crippen LogP contribution in [0.5, 0.6) is 0 Å². The first-order chi connectivity index (χ1) is 7.29. The maximum atomic E-state index is 6.03. The van der Waals surface area contributed by atoms with Gasteiger partial charge in [0.2, 0.25) is 0 Å². The van der Waals surface area contributed by atoms with Crippen LogP contribution in [0.25, 0.3) is 10.9 Å². The molecule has 1 aromatic carbocycles. The van der Waals surface area contributed by atoms with Crippen molar-refractivity contribution in [3.05, 3.63) is 36.0 Å². The fourth-order valence-corrected chi connectivity index (χ4v) is 2.01. The molecule has 0 radical (unpaired) electrons. The third-order valence-electron chi connectivity index (χ3n) is 2.78. The molecule has 80 valence electrons. The lowest BCUT2D eigenvalue weighted by atomic mass is 10.0. The summed E-state index contributed by atoms with van der Waals surface area (Å²) in [5, 5.41) is 1.27. The second-order valence-corrected chi connectivity index (χ2v) is 4.15. The van der Waals surface area contributed by atoms with E-state index in [4.69, 9.17) is 5.73 Å². The molecule has 3 N–H and O–H groups in total. The topological polar surface area (TPSA) is 41.8 Å². The average molecular weight is 202 g/mol. The third-order valence-corrected chi connectivity index (χ3v) is 2.78. The monoisotopic (exact) mass is 202 g/mol. The zero-order valence-electron chi connectivity index (χ0n) is 9.16. The Hall–Kier alpha value is -1.28. The summed E-state index contributed by atoms with van der Waals surface area (Å²) >= 11 is 0. The minimum atomic E-state index is 0.298. The highest BCUT2D eigenvalue weighted by molar-refractivity contribution is 5.79. The molecule has 2 aromatic rings. The molecule has 1 heterocycles. The predicted octanol–water partition coefficient (Wildman–Crippen LogP) is 2.84. The van der Waals surface area contributed by atoms with Crippen LogP contribution in [0.4, 0.5) is 0 Å². The lowest BCUT2D eigenvalue weighted by molar-refractivity contribution is 0.601. The highest BCUT2D eigenvalue weighted by Crippen LogP contribution is 2.15. The average Bonchev–Trinajstić information content (AvgIpc) is 2.65. The van der Waals surface area contributed by atoms with Crippen molar-refractivity contribution in [1.29, 1.82) is 0 Å². The van der Waals surface area contributed by atoms with Crippen LogP contribution in [0.2, 0.25) is 0 Å². The third kappa shape index (κ3) is 2.39. The number of aromatic nitrogens is 1. The van der Waals surface area contributed by atoms with Gasteiger partial charge in [0.05, 0.1) is 0 Å². The van der Waals surface area contributed by atoms with Crippen molar-refractivity contribution in [2.24, 2.45) is 5.73 Å². The zero-order valence-corrected chi connectivity index (χ0v) is 9.16. The molecular formula is C13H18N2. The molecule has 15 heavy (non-hydrogen) atoms. The van der Waals surface area contributed by atoms with Gasteiger partial charge in [-0.1, -0.05) is 19.4 Å². The normalized spacial score (nSPS) is 13.2. The Kier molecular flexibility index (Phi) is 3.07. The number of fused-ring (bicyclic) bond motifs is 1. The second-order valence-electron chi connectivity index (χ2n) is 4.15. The van der Waals surface area contributed by atoms with Gasteiger partial charge in [-0.25, -0.2) is 0 Å². The summed E-state index contributed by atoms with van der Waals surface area (Å²) in [6.07, 6.45) is 5.22. The van der Waals surface area contributed by atoms with Crippen molar-refractivity contribution in [3.63, 3.8) is 0 Å². The number of hydrogen-bond acceptors (Lipinski definition) is 1. The molecule has 1 unspecified atom stereocenters. The largest absolute Gasteiger partial charge is 0.361 e. The van der Waals surface area contributed by atoms with Crippen LogP contribution < -0.4 is 5.73 Å². The van der Waals surface area contributed by atoms with E-state index in [2.05, 4.69) is 36.2 Å². The summed E-state index contributed by atoms with van der Waals surface area (Å²) in [4.78, 5) is 3.19. The number of hydrogen-bond donors (Lipinski definition) is 2. The van der Waals surface area contributed by atoms with E-state index in [0.717, 1.165) is 19.3 Å². The SMILES string of the molecule is CCCC(N)Cc1ccc2[nH]ccc2c1. The van der Waals surface area contributed by atoms with Gasteiger partial charge in [-0.05, 0) is 42.0 Å². The zero-order chi connectivity index (χ0) is 10.7. The summed E-state index contributed by atoms with van der Waals surface area (Å²) in [5.74, 6) is 0. The van der Waals surface area contributed by atoms with E-state index >= 15 is 0 Å². The summed E-state index contributed by atoms with van der Waals surface area (Å²) < 4.78 is 0. The van der Waals surface area contributed by atoms with Gasteiger partial charge in [0.1, 0.15) is 0 Å². The van der Waals surface area contributed by atoms with E-state index in [-0.39, 0.29) is 0 Å². The molecule has 0 fully saturated rings. The van der Waals surface area contributed by atoms with Crippen molar-refractivity contribution in [2.45, 2.75) is 32.2 Å². The van der Waals surface area contributed by atoms with Crippen molar-refractivity contribution < 1.29 is 0 Å². The van der Waals surface area contributed by atoms with Crippen LogP contribution in [0, 0.1) is 0 Å². The van der Waals surface area contributed by atoms with E-state index in [0.29, 0.717) is 6.04 Å². The van der Waals surface area contributed by atoms with Gasteiger partial charge in [0, 0.05) is 17.8 Å². The van der Waals surface area contributed by atoms with E-state index in [1.807, 2.05) is 6.20 Å². The van der Waals surface area contributed by atoms with Crippen molar-refractivity contribution in [3.8, 4) is 0 Å². The van der Waals surface area contributed by atoms with Gasteiger partial charge in [-0.3, -0.25) is 0 Å². The van der Waals surface area contributed by atoms with E-state index in [1.165, 1.54) is 16.5 Å². The number of H-pyrrole nitrogens is 1. The highest BCUT2D eigenvalue weighted by Gasteiger charge is 2.03. The van der Waals surface area contributed by atoms with Gasteiger partial charge >= 0.3 is 0 Å². The maximum Gasteiger partial charge on any atom is 0.0454 e. The Labute approximate surface area is 90.5 Å². The Morgan fingerprint density at radius 3 is 3.00 bits per heavy atom. The van der Waals surface area contributed by atoms with Crippen LogP contribution in [0.3, 0.4) is 0 Å². The number of rotatable bonds is 4. The van der Waals surface area contributed by atoms with Gasteiger partial charge in [-0.2, -0.15) is 0 Å². The molecule has 1 atom stereocenters. The molecule has 0 bridgehead atoms. The molecule has 2 rings (SSSR count). The molecule has 0 amide bonds. The molecule has 0 aliphatic carbocycles. The highest BCUT2D eigenvalue weighted by atomic mass is 14.7. The standard InChI is InChI=1S/C13H18N2/c1-2-3-12(14)9-10-4-5-13-11(8-10)6-7-15-13/h4-8,12,15H,2-3,9,14H2,1H3. The van der Waals surface area contributed by atoms with Crippen molar-refractivity contribution in [1.82, 2.24) is 4.98 Å². The van der Waals surface area contributed by atoms with E-state index < -0.39 is 0 Å². The number of nitrogens with one attached hydrogen (secondary N) is 1. The fourth-order valence-electron chi connectivity index (χ4n) is 2.01. The Morgan fingerprint density at radius 1 is 1.33 bits per heavy atom. The minimum Gasteiger partial charge on any atom is -0.361 e. The van der Waals surface area contributed by atoms with Crippen LogP contribution in [0.1, 0.15) is 25.3 Å². The van der Waals surface area contributed by atoms with Crippen LogP contribution >= 0.6 is 0 Å². The van der Waals surface area contributed by atoms with Crippen LogP contribution in [0.15, 0.2) is 30.5 Å². The van der Waals surface area contributed by atoms with Gasteiger partial charge < -0.3 is 10.7 Å². The number of nitrogens with two attached hydrogens (primary N) is 1. The first kappa shape index (κ1) is 10.2. The van der Waals surface area contributed by atoms with E-state index in [9.17, 15) is 0 Å². The molecule has 0 saturated carbocycles. The molecular weight excluding hydrogens is 184 g/mol. The maximum absolute atomic E-state index is 6.03. The Bertz CT molecular complexity index is 431.